The van der Waals surface area contributed by atoms with Gasteiger partial charge in [-0.1, -0.05) is 24.8 Å². The number of rotatable bonds is 5. The maximum atomic E-state index is 15.2. The highest BCUT2D eigenvalue weighted by atomic mass is 19.1. The first kappa shape index (κ1) is 24.0. The summed E-state index contributed by atoms with van der Waals surface area (Å²) in [7, 11) is 0. The van der Waals surface area contributed by atoms with Gasteiger partial charge < -0.3 is 15.4 Å². The number of aryl methyl sites for hydroxylation is 1. The third kappa shape index (κ3) is 5.53. The highest BCUT2D eigenvalue weighted by Gasteiger charge is 2.24. The summed E-state index contributed by atoms with van der Waals surface area (Å²) < 4.78 is 15.2. The second-order valence-electron chi connectivity index (χ2n) is 8.21. The van der Waals surface area contributed by atoms with Crippen molar-refractivity contribution in [3.05, 3.63) is 77.0 Å². The van der Waals surface area contributed by atoms with Gasteiger partial charge in [0.25, 0.3) is 5.91 Å². The van der Waals surface area contributed by atoms with Crippen molar-refractivity contribution in [3.8, 4) is 23.0 Å². The molecule has 3 aromatic rings. The lowest BCUT2D eigenvalue weighted by atomic mass is 9.96. The number of anilines is 1. The highest BCUT2D eigenvalue weighted by molar-refractivity contribution is 5.95. The Hall–Kier alpha value is -4.09. The van der Waals surface area contributed by atoms with Gasteiger partial charge >= 0.3 is 0 Å². The number of carbonyl (C=O) groups excluding carboxylic acids is 2. The monoisotopic (exact) mass is 471 g/mol. The van der Waals surface area contributed by atoms with Gasteiger partial charge in [-0.25, -0.2) is 9.37 Å². The molecule has 7 nitrogen and oxygen atoms in total. The van der Waals surface area contributed by atoms with E-state index in [9.17, 15) is 9.59 Å². The molecular formula is C27H26FN5O2. The van der Waals surface area contributed by atoms with Crippen molar-refractivity contribution in [1.82, 2.24) is 19.8 Å². The second kappa shape index (κ2) is 10.9. The van der Waals surface area contributed by atoms with E-state index in [1.807, 2.05) is 11.8 Å². The predicted octanol–water partition coefficient (Wildman–Crippen LogP) is 2.78. The molecule has 0 saturated carbocycles. The largest absolute Gasteiger partial charge is 0.384 e. The molecule has 1 aliphatic rings. The summed E-state index contributed by atoms with van der Waals surface area (Å²) in [6, 6.07) is 9.91. The zero-order valence-electron chi connectivity index (χ0n) is 19.5. The van der Waals surface area contributed by atoms with Gasteiger partial charge in [0.1, 0.15) is 17.9 Å². The van der Waals surface area contributed by atoms with Gasteiger partial charge in [0.05, 0.1) is 23.4 Å². The molecule has 1 saturated heterocycles. The van der Waals surface area contributed by atoms with Crippen molar-refractivity contribution in [2.45, 2.75) is 13.3 Å². The van der Waals surface area contributed by atoms with E-state index >= 15 is 4.39 Å². The number of halogens is 1. The summed E-state index contributed by atoms with van der Waals surface area (Å²) in [6.45, 7) is 4.42. The van der Waals surface area contributed by atoms with Crippen LogP contribution in [0, 0.1) is 17.7 Å². The molecule has 1 amide bonds. The summed E-state index contributed by atoms with van der Waals surface area (Å²) in [6.07, 6.45) is 4.79. The molecule has 2 aromatic heterocycles. The van der Waals surface area contributed by atoms with E-state index in [1.165, 1.54) is 12.1 Å². The van der Waals surface area contributed by atoms with Crippen molar-refractivity contribution in [3.63, 3.8) is 0 Å². The van der Waals surface area contributed by atoms with Gasteiger partial charge in [0, 0.05) is 49.7 Å². The molecule has 0 atom stereocenters. The minimum atomic E-state index is -0.584. The Labute approximate surface area is 203 Å². The Morgan fingerprint density at radius 3 is 2.57 bits per heavy atom. The average Bonchev–Trinajstić information content (AvgIpc) is 2.88. The molecule has 178 valence electrons. The number of nitrogens with two attached hydrogens (primary N) is 1. The van der Waals surface area contributed by atoms with Gasteiger partial charge in [-0.3, -0.25) is 14.7 Å². The van der Waals surface area contributed by atoms with Gasteiger partial charge in [-0.2, -0.15) is 0 Å². The fourth-order valence-corrected chi connectivity index (χ4v) is 4.03. The number of benzene rings is 1. The molecule has 35 heavy (non-hydrogen) atoms. The number of hydrogen-bond acceptors (Lipinski definition) is 6. The van der Waals surface area contributed by atoms with Crippen LogP contribution in [0.5, 0.6) is 0 Å². The minimum absolute atomic E-state index is 0.0305. The molecule has 0 aliphatic carbocycles. The molecule has 0 unspecified atom stereocenters. The standard InChI is InChI=1S/C27H26FN5O2/c1-2-25-22(6-3-19-4-8-26(29)31-18-19)21(9-10-30-25)20-5-7-23(24(28)17-20)27(35)33-13-11-32(12-14-33)15-16-34/h4-5,7-10,16-18H,2,11-15H2,1H3,(H2,29,31). The molecular weight excluding hydrogens is 445 g/mol. The Bertz CT molecular complexity index is 1290. The number of amides is 1. The van der Waals surface area contributed by atoms with Crippen LogP contribution in [-0.2, 0) is 11.2 Å². The van der Waals surface area contributed by atoms with Gasteiger partial charge in [-0.15, -0.1) is 0 Å². The predicted molar refractivity (Wildman–Crippen MR) is 132 cm³/mol. The van der Waals surface area contributed by atoms with Crippen molar-refractivity contribution >= 4 is 18.0 Å². The normalized spacial score (nSPS) is 13.7. The molecule has 4 rings (SSSR count). The second-order valence-corrected chi connectivity index (χ2v) is 8.21. The van der Waals surface area contributed by atoms with Crippen LogP contribution in [0.4, 0.5) is 10.2 Å². The van der Waals surface area contributed by atoms with Gasteiger partial charge in [0.2, 0.25) is 0 Å². The SMILES string of the molecule is CCc1nccc(-c2ccc(C(=O)N3CCN(CC=O)CC3)c(F)c2)c1C#Cc1ccc(N)nc1. The quantitative estimate of drug-likeness (QED) is 0.455. The number of carbonyl (C=O) groups is 2. The maximum Gasteiger partial charge on any atom is 0.256 e. The van der Waals surface area contributed by atoms with E-state index in [-0.39, 0.29) is 11.5 Å². The minimum Gasteiger partial charge on any atom is -0.384 e. The van der Waals surface area contributed by atoms with Crippen molar-refractivity contribution in [2.24, 2.45) is 0 Å². The summed E-state index contributed by atoms with van der Waals surface area (Å²) in [4.78, 5) is 35.7. The van der Waals surface area contributed by atoms with Crippen LogP contribution in [0.2, 0.25) is 0 Å². The van der Waals surface area contributed by atoms with E-state index < -0.39 is 5.82 Å². The van der Waals surface area contributed by atoms with Crippen LogP contribution >= 0.6 is 0 Å². The van der Waals surface area contributed by atoms with Gasteiger partial charge in [-0.05, 0) is 42.3 Å². The van der Waals surface area contributed by atoms with Crippen molar-refractivity contribution in [2.75, 3.05) is 38.5 Å². The van der Waals surface area contributed by atoms with E-state index in [4.69, 9.17) is 5.73 Å². The number of pyridine rings is 2. The Balaban J connectivity index is 1.62. The first-order chi connectivity index (χ1) is 17.0. The van der Waals surface area contributed by atoms with Gasteiger partial charge in [0.15, 0.2) is 0 Å². The fourth-order valence-electron chi connectivity index (χ4n) is 4.03. The molecule has 3 heterocycles. The number of hydrogen-bond donors (Lipinski definition) is 1. The first-order valence-corrected chi connectivity index (χ1v) is 11.5. The number of aromatic nitrogens is 2. The average molecular weight is 472 g/mol. The molecule has 2 N–H and O–H groups in total. The molecule has 0 bridgehead atoms. The molecule has 1 aromatic carbocycles. The zero-order chi connectivity index (χ0) is 24.8. The van der Waals surface area contributed by atoms with Crippen LogP contribution in [0.1, 0.15) is 34.1 Å². The molecule has 0 spiro atoms. The third-order valence-electron chi connectivity index (χ3n) is 5.99. The molecule has 1 fully saturated rings. The topological polar surface area (TPSA) is 92.4 Å². The first-order valence-electron chi connectivity index (χ1n) is 11.5. The van der Waals surface area contributed by atoms with Crippen LogP contribution in [0.15, 0.2) is 48.8 Å². The van der Waals surface area contributed by atoms with E-state index in [1.54, 1.807) is 41.6 Å². The summed E-state index contributed by atoms with van der Waals surface area (Å²) in [5.74, 6) is 5.74. The highest BCUT2D eigenvalue weighted by Crippen LogP contribution is 2.27. The lowest BCUT2D eigenvalue weighted by Crippen LogP contribution is -2.49. The third-order valence-corrected chi connectivity index (χ3v) is 5.99. The van der Waals surface area contributed by atoms with Crippen LogP contribution in [-0.4, -0.2) is 64.7 Å². The number of piperazine rings is 1. The maximum absolute atomic E-state index is 15.2. The van der Waals surface area contributed by atoms with E-state index in [2.05, 4.69) is 21.8 Å². The number of nitrogen functional groups attached to an aromatic ring is 1. The fraction of sp³-hybridized carbons (Fsp3) is 0.259. The van der Waals surface area contributed by atoms with Crippen LogP contribution in [0.25, 0.3) is 11.1 Å². The van der Waals surface area contributed by atoms with E-state index in [0.717, 1.165) is 17.5 Å². The molecule has 8 heteroatoms. The Morgan fingerprint density at radius 1 is 1.11 bits per heavy atom. The summed E-state index contributed by atoms with van der Waals surface area (Å²) in [5.41, 5.74) is 9.25. The molecule has 0 radical (unpaired) electrons. The number of aldehydes is 1. The van der Waals surface area contributed by atoms with Crippen LogP contribution < -0.4 is 5.73 Å². The zero-order valence-corrected chi connectivity index (χ0v) is 19.5. The lowest BCUT2D eigenvalue weighted by molar-refractivity contribution is -0.109. The summed E-state index contributed by atoms with van der Waals surface area (Å²) >= 11 is 0. The molecule has 1 aliphatic heterocycles. The Kier molecular flexibility index (Phi) is 7.48. The Morgan fingerprint density at radius 2 is 1.91 bits per heavy atom. The summed E-state index contributed by atoms with van der Waals surface area (Å²) in [5, 5.41) is 0. The van der Waals surface area contributed by atoms with E-state index in [0.29, 0.717) is 61.7 Å². The van der Waals surface area contributed by atoms with Crippen molar-refractivity contribution < 1.29 is 14.0 Å². The smallest absolute Gasteiger partial charge is 0.256 e. The number of nitrogens with zero attached hydrogens (tertiary/aromatic N) is 4. The lowest BCUT2D eigenvalue weighted by Gasteiger charge is -2.33. The van der Waals surface area contributed by atoms with Crippen molar-refractivity contribution in [1.29, 1.82) is 0 Å². The van der Waals surface area contributed by atoms with Crippen LogP contribution in [0.3, 0.4) is 0 Å².